The van der Waals surface area contributed by atoms with Crippen LogP contribution in [0.5, 0.6) is 5.75 Å². The highest BCUT2D eigenvalue weighted by molar-refractivity contribution is 5.45. The number of nitrogens with one attached hydrogen (secondary N) is 1. The SMILES string of the molecule is NCCOc1ccc(CNc2ccccc2F)cc1. The van der Waals surface area contributed by atoms with Crippen molar-refractivity contribution < 1.29 is 9.13 Å². The molecule has 0 aliphatic heterocycles. The maximum Gasteiger partial charge on any atom is 0.146 e. The van der Waals surface area contributed by atoms with Crippen molar-refractivity contribution in [1.82, 2.24) is 0 Å². The molecule has 0 unspecified atom stereocenters. The van der Waals surface area contributed by atoms with Gasteiger partial charge in [0, 0.05) is 13.1 Å². The Morgan fingerprint density at radius 3 is 2.47 bits per heavy atom. The quantitative estimate of drug-likeness (QED) is 0.839. The molecule has 0 saturated heterocycles. The second-order valence-corrected chi connectivity index (χ2v) is 4.11. The van der Waals surface area contributed by atoms with Gasteiger partial charge in [0.05, 0.1) is 5.69 Å². The van der Waals surface area contributed by atoms with E-state index >= 15 is 0 Å². The Morgan fingerprint density at radius 2 is 1.79 bits per heavy atom. The number of benzene rings is 2. The number of rotatable bonds is 6. The topological polar surface area (TPSA) is 47.3 Å². The molecule has 0 aromatic heterocycles. The summed E-state index contributed by atoms with van der Waals surface area (Å²) in [5.74, 6) is 0.547. The Hall–Kier alpha value is -2.07. The second-order valence-electron chi connectivity index (χ2n) is 4.11. The predicted octanol–water partition coefficient (Wildman–Crippen LogP) is 2.78. The molecule has 2 aromatic rings. The highest BCUT2D eigenvalue weighted by Gasteiger charge is 2.00. The van der Waals surface area contributed by atoms with Crippen LogP contribution in [-0.2, 0) is 6.54 Å². The Labute approximate surface area is 112 Å². The van der Waals surface area contributed by atoms with Crippen LogP contribution in [0.25, 0.3) is 0 Å². The van der Waals surface area contributed by atoms with Crippen LogP contribution in [0.4, 0.5) is 10.1 Å². The summed E-state index contributed by atoms with van der Waals surface area (Å²) in [4.78, 5) is 0. The van der Waals surface area contributed by atoms with Crippen molar-refractivity contribution >= 4 is 5.69 Å². The van der Waals surface area contributed by atoms with E-state index in [1.807, 2.05) is 24.3 Å². The van der Waals surface area contributed by atoms with Crippen molar-refractivity contribution in [3.8, 4) is 5.75 Å². The zero-order valence-electron chi connectivity index (χ0n) is 10.6. The van der Waals surface area contributed by atoms with Crippen LogP contribution in [0.3, 0.4) is 0 Å². The lowest BCUT2D eigenvalue weighted by molar-refractivity contribution is 0.328. The zero-order chi connectivity index (χ0) is 13.5. The van der Waals surface area contributed by atoms with Gasteiger partial charge in [-0.05, 0) is 29.8 Å². The van der Waals surface area contributed by atoms with Gasteiger partial charge >= 0.3 is 0 Å². The van der Waals surface area contributed by atoms with Crippen molar-refractivity contribution in [2.45, 2.75) is 6.54 Å². The van der Waals surface area contributed by atoms with Crippen LogP contribution in [-0.4, -0.2) is 13.2 Å². The van der Waals surface area contributed by atoms with Crippen LogP contribution in [0.1, 0.15) is 5.56 Å². The molecule has 0 saturated carbocycles. The minimum absolute atomic E-state index is 0.245. The number of ether oxygens (including phenoxy) is 1. The summed E-state index contributed by atoms with van der Waals surface area (Å²) in [7, 11) is 0. The van der Waals surface area contributed by atoms with Crippen molar-refractivity contribution in [1.29, 1.82) is 0 Å². The Morgan fingerprint density at radius 1 is 1.05 bits per heavy atom. The monoisotopic (exact) mass is 260 g/mol. The molecule has 0 fully saturated rings. The van der Waals surface area contributed by atoms with Crippen molar-refractivity contribution in [2.75, 3.05) is 18.5 Å². The van der Waals surface area contributed by atoms with Gasteiger partial charge in [-0.1, -0.05) is 24.3 Å². The molecule has 100 valence electrons. The number of halogens is 1. The van der Waals surface area contributed by atoms with Crippen molar-refractivity contribution in [3.05, 3.63) is 59.9 Å². The van der Waals surface area contributed by atoms with E-state index in [1.165, 1.54) is 6.07 Å². The minimum atomic E-state index is -0.245. The standard InChI is InChI=1S/C15H17FN2O/c16-14-3-1-2-4-15(14)18-11-12-5-7-13(8-6-12)19-10-9-17/h1-8,18H,9-11,17H2. The summed E-state index contributed by atoms with van der Waals surface area (Å²) in [5.41, 5.74) is 6.93. The lowest BCUT2D eigenvalue weighted by Gasteiger charge is -2.09. The maximum atomic E-state index is 13.4. The number of hydrogen-bond donors (Lipinski definition) is 2. The van der Waals surface area contributed by atoms with E-state index < -0.39 is 0 Å². The molecule has 0 atom stereocenters. The normalized spacial score (nSPS) is 10.2. The number of hydrogen-bond acceptors (Lipinski definition) is 3. The molecule has 0 aliphatic rings. The van der Waals surface area contributed by atoms with Gasteiger partial charge in [0.25, 0.3) is 0 Å². The van der Waals surface area contributed by atoms with Gasteiger partial charge in [-0.2, -0.15) is 0 Å². The molecule has 0 bridgehead atoms. The molecule has 19 heavy (non-hydrogen) atoms. The number of anilines is 1. The van der Waals surface area contributed by atoms with Crippen LogP contribution in [0.2, 0.25) is 0 Å². The van der Waals surface area contributed by atoms with Crippen LogP contribution in [0, 0.1) is 5.82 Å². The van der Waals surface area contributed by atoms with Gasteiger partial charge < -0.3 is 15.8 Å². The summed E-state index contributed by atoms with van der Waals surface area (Å²) in [5, 5.41) is 3.06. The van der Waals surface area contributed by atoms with E-state index in [1.54, 1.807) is 18.2 Å². The highest BCUT2D eigenvalue weighted by Crippen LogP contribution is 2.16. The molecule has 0 amide bonds. The Balaban J connectivity index is 1.91. The second kappa shape index (κ2) is 6.75. The maximum absolute atomic E-state index is 13.4. The van der Waals surface area contributed by atoms with Gasteiger partial charge in [0.15, 0.2) is 0 Å². The highest BCUT2D eigenvalue weighted by atomic mass is 19.1. The minimum Gasteiger partial charge on any atom is -0.492 e. The summed E-state index contributed by atoms with van der Waals surface area (Å²) in [6.45, 7) is 1.57. The first-order valence-corrected chi connectivity index (χ1v) is 6.20. The lowest BCUT2D eigenvalue weighted by atomic mass is 10.2. The van der Waals surface area contributed by atoms with E-state index in [0.29, 0.717) is 25.4 Å². The van der Waals surface area contributed by atoms with Gasteiger partial charge in [-0.3, -0.25) is 0 Å². The van der Waals surface area contributed by atoms with Crippen molar-refractivity contribution in [2.24, 2.45) is 5.73 Å². The molecule has 4 heteroatoms. The first-order chi connectivity index (χ1) is 9.29. The largest absolute Gasteiger partial charge is 0.492 e. The van der Waals surface area contributed by atoms with E-state index in [2.05, 4.69) is 5.32 Å². The molecule has 0 spiro atoms. The summed E-state index contributed by atoms with van der Waals surface area (Å²) >= 11 is 0. The summed E-state index contributed by atoms with van der Waals surface area (Å²) in [6.07, 6.45) is 0. The number of para-hydroxylation sites is 1. The van der Waals surface area contributed by atoms with Crippen LogP contribution >= 0.6 is 0 Å². The third kappa shape index (κ3) is 3.96. The van der Waals surface area contributed by atoms with Gasteiger partial charge in [0.2, 0.25) is 0 Å². The zero-order valence-corrected chi connectivity index (χ0v) is 10.6. The van der Waals surface area contributed by atoms with E-state index in [4.69, 9.17) is 10.5 Å². The van der Waals surface area contributed by atoms with Crippen LogP contribution in [0.15, 0.2) is 48.5 Å². The molecular formula is C15H17FN2O. The summed E-state index contributed by atoms with van der Waals surface area (Å²) in [6, 6.07) is 14.3. The summed E-state index contributed by atoms with van der Waals surface area (Å²) < 4.78 is 18.8. The van der Waals surface area contributed by atoms with Gasteiger partial charge in [-0.15, -0.1) is 0 Å². The fourth-order valence-corrected chi connectivity index (χ4v) is 1.68. The lowest BCUT2D eigenvalue weighted by Crippen LogP contribution is -2.10. The third-order valence-corrected chi connectivity index (χ3v) is 2.67. The third-order valence-electron chi connectivity index (χ3n) is 2.67. The van der Waals surface area contributed by atoms with E-state index in [9.17, 15) is 4.39 Å². The fourth-order valence-electron chi connectivity index (χ4n) is 1.68. The Kier molecular flexibility index (Phi) is 4.75. The van der Waals surface area contributed by atoms with Gasteiger partial charge in [-0.25, -0.2) is 4.39 Å². The molecule has 3 nitrogen and oxygen atoms in total. The average molecular weight is 260 g/mol. The molecular weight excluding hydrogens is 243 g/mol. The molecule has 0 aliphatic carbocycles. The van der Waals surface area contributed by atoms with Gasteiger partial charge in [0.1, 0.15) is 18.2 Å². The molecule has 0 heterocycles. The van der Waals surface area contributed by atoms with Crippen molar-refractivity contribution in [3.63, 3.8) is 0 Å². The molecule has 0 radical (unpaired) electrons. The first-order valence-electron chi connectivity index (χ1n) is 6.20. The molecule has 2 rings (SSSR count). The first kappa shape index (κ1) is 13.4. The fraction of sp³-hybridized carbons (Fsp3) is 0.200. The van der Waals surface area contributed by atoms with Crippen LogP contribution < -0.4 is 15.8 Å². The number of nitrogens with two attached hydrogens (primary N) is 1. The predicted molar refractivity (Wildman–Crippen MR) is 74.7 cm³/mol. The smallest absolute Gasteiger partial charge is 0.146 e. The average Bonchev–Trinajstić information content (AvgIpc) is 2.45. The molecule has 2 aromatic carbocycles. The Bertz CT molecular complexity index is 514. The van der Waals surface area contributed by atoms with E-state index in [-0.39, 0.29) is 5.82 Å². The molecule has 3 N–H and O–H groups in total. The van der Waals surface area contributed by atoms with E-state index in [0.717, 1.165) is 11.3 Å².